The van der Waals surface area contributed by atoms with Crippen LogP contribution < -0.4 is 5.73 Å². The zero-order valence-electron chi connectivity index (χ0n) is 7.01. The molecule has 13 heavy (non-hydrogen) atoms. The summed E-state index contributed by atoms with van der Waals surface area (Å²) in [6.07, 6.45) is 0. The molecule has 0 heterocycles. The van der Waals surface area contributed by atoms with E-state index in [1.165, 1.54) is 13.0 Å². The predicted molar refractivity (Wildman–Crippen MR) is 43.7 cm³/mol. The minimum atomic E-state index is -1.04. The van der Waals surface area contributed by atoms with Gasteiger partial charge in [0.1, 0.15) is 0 Å². The number of hydrogen-bond donors (Lipinski definition) is 1. The third-order valence-corrected chi connectivity index (χ3v) is 1.68. The fraction of sp³-hybridized carbons (Fsp3) is 0.222. The van der Waals surface area contributed by atoms with Crippen molar-refractivity contribution in [2.45, 2.75) is 13.0 Å². The topological polar surface area (TPSA) is 49.8 Å². The Balaban J connectivity index is 3.35. The number of nitrogens with two attached hydrogens (primary N) is 1. The number of benzene rings is 1. The molecular formula is C9H8F2N2. The van der Waals surface area contributed by atoms with Crippen LogP contribution in [0.5, 0.6) is 0 Å². The molecule has 68 valence electrons. The molecule has 2 nitrogen and oxygen atoms in total. The molecule has 1 atom stereocenters. The van der Waals surface area contributed by atoms with E-state index in [2.05, 4.69) is 0 Å². The Morgan fingerprint density at radius 3 is 2.54 bits per heavy atom. The molecule has 0 radical (unpaired) electrons. The van der Waals surface area contributed by atoms with E-state index in [0.717, 1.165) is 6.07 Å². The van der Waals surface area contributed by atoms with Crippen molar-refractivity contribution in [2.75, 3.05) is 0 Å². The Kier molecular flexibility index (Phi) is 2.59. The van der Waals surface area contributed by atoms with Gasteiger partial charge in [0.25, 0.3) is 0 Å². The average molecular weight is 182 g/mol. The zero-order chi connectivity index (χ0) is 10.0. The molecular weight excluding hydrogens is 174 g/mol. The molecule has 1 aromatic rings. The van der Waals surface area contributed by atoms with Gasteiger partial charge in [0, 0.05) is 11.6 Å². The van der Waals surface area contributed by atoms with Gasteiger partial charge in [0.05, 0.1) is 11.6 Å². The maximum atomic E-state index is 13.0. The molecule has 0 saturated heterocycles. The second-order valence-electron chi connectivity index (χ2n) is 2.76. The second kappa shape index (κ2) is 3.50. The van der Waals surface area contributed by atoms with Crippen molar-refractivity contribution in [3.8, 4) is 6.07 Å². The molecule has 0 saturated carbocycles. The SMILES string of the molecule is C[C@@H](N)c1cc(C#N)cc(F)c1F. The Morgan fingerprint density at radius 2 is 2.08 bits per heavy atom. The molecule has 0 bridgehead atoms. The number of rotatable bonds is 1. The second-order valence-corrected chi connectivity index (χ2v) is 2.76. The van der Waals surface area contributed by atoms with Gasteiger partial charge in [-0.2, -0.15) is 5.26 Å². The molecule has 2 N–H and O–H groups in total. The quantitative estimate of drug-likeness (QED) is 0.720. The molecule has 0 unspecified atom stereocenters. The Hall–Kier alpha value is -1.47. The first kappa shape index (κ1) is 9.62. The van der Waals surface area contributed by atoms with Crippen LogP contribution in [0.1, 0.15) is 24.1 Å². The van der Waals surface area contributed by atoms with E-state index < -0.39 is 17.7 Å². The van der Waals surface area contributed by atoms with Gasteiger partial charge in [-0.3, -0.25) is 0 Å². The Morgan fingerprint density at radius 1 is 1.46 bits per heavy atom. The normalized spacial score (nSPS) is 12.2. The lowest BCUT2D eigenvalue weighted by molar-refractivity contribution is 0.492. The van der Waals surface area contributed by atoms with Crippen molar-refractivity contribution in [2.24, 2.45) is 5.73 Å². The molecule has 0 aromatic heterocycles. The first-order valence-corrected chi connectivity index (χ1v) is 3.71. The van der Waals surface area contributed by atoms with Crippen LogP contribution in [0.2, 0.25) is 0 Å². The fourth-order valence-electron chi connectivity index (χ4n) is 1.01. The predicted octanol–water partition coefficient (Wildman–Crippen LogP) is 1.86. The van der Waals surface area contributed by atoms with E-state index in [0.29, 0.717) is 0 Å². The molecule has 0 spiro atoms. The minimum absolute atomic E-state index is 0.0246. The van der Waals surface area contributed by atoms with Gasteiger partial charge in [-0.25, -0.2) is 8.78 Å². The largest absolute Gasteiger partial charge is 0.324 e. The maximum Gasteiger partial charge on any atom is 0.163 e. The number of halogens is 2. The van der Waals surface area contributed by atoms with Crippen LogP contribution in [0.25, 0.3) is 0 Å². The van der Waals surface area contributed by atoms with Gasteiger partial charge in [-0.1, -0.05) is 0 Å². The number of nitrogens with zero attached hydrogens (tertiary/aromatic N) is 1. The van der Waals surface area contributed by atoms with E-state index in [1.807, 2.05) is 0 Å². The summed E-state index contributed by atoms with van der Waals surface area (Å²) in [5.41, 5.74) is 5.49. The number of nitriles is 1. The lowest BCUT2D eigenvalue weighted by Crippen LogP contribution is -2.09. The van der Waals surface area contributed by atoms with Crippen LogP contribution in [0, 0.1) is 23.0 Å². The van der Waals surface area contributed by atoms with Crippen molar-refractivity contribution in [3.05, 3.63) is 34.9 Å². The third kappa shape index (κ3) is 1.82. The standard InChI is InChI=1S/C9H8F2N2/c1-5(13)7-2-6(4-12)3-8(10)9(7)11/h2-3,5H,13H2,1H3/t5-/m1/s1. The van der Waals surface area contributed by atoms with Crippen molar-refractivity contribution in [1.82, 2.24) is 0 Å². The summed E-state index contributed by atoms with van der Waals surface area (Å²) >= 11 is 0. The lowest BCUT2D eigenvalue weighted by atomic mass is 10.1. The third-order valence-electron chi connectivity index (χ3n) is 1.68. The highest BCUT2D eigenvalue weighted by Gasteiger charge is 2.13. The summed E-state index contributed by atoms with van der Waals surface area (Å²) in [4.78, 5) is 0. The smallest absolute Gasteiger partial charge is 0.163 e. The first-order valence-electron chi connectivity index (χ1n) is 3.71. The summed E-state index contributed by atoms with van der Waals surface area (Å²) in [6.45, 7) is 1.53. The van der Waals surface area contributed by atoms with Crippen molar-refractivity contribution >= 4 is 0 Å². The van der Waals surface area contributed by atoms with Crippen LogP contribution in [0.4, 0.5) is 8.78 Å². The molecule has 1 rings (SSSR count). The molecule has 1 aromatic carbocycles. The van der Waals surface area contributed by atoms with E-state index in [4.69, 9.17) is 11.0 Å². The summed E-state index contributed by atoms with van der Waals surface area (Å²) in [5, 5.41) is 8.48. The van der Waals surface area contributed by atoms with Gasteiger partial charge in [0.2, 0.25) is 0 Å². The minimum Gasteiger partial charge on any atom is -0.324 e. The first-order chi connectivity index (χ1) is 6.06. The highest BCUT2D eigenvalue weighted by molar-refractivity contribution is 5.35. The van der Waals surface area contributed by atoms with Crippen LogP contribution in [0.3, 0.4) is 0 Å². The van der Waals surface area contributed by atoms with Crippen LogP contribution in [0.15, 0.2) is 12.1 Å². The van der Waals surface area contributed by atoms with E-state index in [-0.39, 0.29) is 11.1 Å². The highest BCUT2D eigenvalue weighted by atomic mass is 19.2. The molecule has 0 fully saturated rings. The van der Waals surface area contributed by atoms with Crippen molar-refractivity contribution in [3.63, 3.8) is 0 Å². The van der Waals surface area contributed by atoms with Crippen LogP contribution in [-0.4, -0.2) is 0 Å². The molecule has 0 aliphatic rings. The van der Waals surface area contributed by atoms with E-state index >= 15 is 0 Å². The summed E-state index contributed by atoms with van der Waals surface area (Å²) in [6, 6.07) is 3.21. The van der Waals surface area contributed by atoms with Gasteiger partial charge in [0.15, 0.2) is 11.6 Å². The van der Waals surface area contributed by atoms with Crippen LogP contribution in [-0.2, 0) is 0 Å². The Bertz CT molecular complexity index is 367. The monoisotopic (exact) mass is 182 g/mol. The lowest BCUT2D eigenvalue weighted by Gasteiger charge is -2.07. The summed E-state index contributed by atoms with van der Waals surface area (Å²) < 4.78 is 25.8. The molecule has 0 aliphatic heterocycles. The average Bonchev–Trinajstić information content (AvgIpc) is 2.09. The molecule has 0 aliphatic carbocycles. The van der Waals surface area contributed by atoms with Gasteiger partial charge >= 0.3 is 0 Å². The van der Waals surface area contributed by atoms with Gasteiger partial charge in [-0.15, -0.1) is 0 Å². The zero-order valence-corrected chi connectivity index (χ0v) is 7.01. The fourth-order valence-corrected chi connectivity index (χ4v) is 1.01. The Labute approximate surface area is 74.6 Å². The summed E-state index contributed by atoms with van der Waals surface area (Å²) in [5.74, 6) is -2.01. The van der Waals surface area contributed by atoms with Crippen molar-refractivity contribution < 1.29 is 8.78 Å². The van der Waals surface area contributed by atoms with E-state index in [1.54, 1.807) is 6.07 Å². The van der Waals surface area contributed by atoms with Crippen LogP contribution >= 0.6 is 0 Å². The van der Waals surface area contributed by atoms with E-state index in [9.17, 15) is 8.78 Å². The van der Waals surface area contributed by atoms with Gasteiger partial charge < -0.3 is 5.73 Å². The number of hydrogen-bond acceptors (Lipinski definition) is 2. The van der Waals surface area contributed by atoms with Crippen molar-refractivity contribution in [1.29, 1.82) is 5.26 Å². The summed E-state index contributed by atoms with van der Waals surface area (Å²) in [7, 11) is 0. The van der Waals surface area contributed by atoms with Gasteiger partial charge in [-0.05, 0) is 19.1 Å². The molecule has 4 heteroatoms. The maximum absolute atomic E-state index is 13.0. The molecule has 0 amide bonds. The highest BCUT2D eigenvalue weighted by Crippen LogP contribution is 2.19.